The zero-order valence-corrected chi connectivity index (χ0v) is 7.70. The maximum atomic E-state index is 12.3. The molecule has 0 radical (unpaired) electrons. The average molecular weight is 258 g/mol. The van der Waals surface area contributed by atoms with Crippen molar-refractivity contribution in [1.29, 1.82) is 0 Å². The Morgan fingerprint density at radius 1 is 1.41 bits per heavy atom. The van der Waals surface area contributed by atoms with Crippen LogP contribution in [0.3, 0.4) is 0 Å². The van der Waals surface area contributed by atoms with Crippen molar-refractivity contribution < 1.29 is 32.0 Å². The normalized spacial score (nSPS) is 11.9. The first kappa shape index (κ1) is 13.1. The zero-order chi connectivity index (χ0) is 13.4. The van der Waals surface area contributed by atoms with Gasteiger partial charge in [0.15, 0.2) is 5.75 Å². The molecule has 0 aliphatic heterocycles. The van der Waals surface area contributed by atoms with Crippen molar-refractivity contribution >= 4 is 5.82 Å². The van der Waals surface area contributed by atoms with Gasteiger partial charge in [-0.3, -0.25) is 0 Å². The van der Waals surface area contributed by atoms with Gasteiger partial charge in [-0.05, 0) is 9.91 Å². The quantitative estimate of drug-likeness (QED) is 0.502. The SMILES string of the molecule is O=[N+]([O-])c1cc(C(F)(F)F)c(O)c(C(F)F)n1. The number of aromatic nitrogens is 1. The molecule has 1 aromatic rings. The number of aromatic hydroxyl groups is 1. The molecule has 1 aromatic heterocycles. The summed E-state index contributed by atoms with van der Waals surface area (Å²) in [7, 11) is 0. The van der Waals surface area contributed by atoms with E-state index in [0.29, 0.717) is 0 Å². The van der Waals surface area contributed by atoms with E-state index >= 15 is 0 Å². The molecule has 1 heterocycles. The molecule has 10 heteroatoms. The van der Waals surface area contributed by atoms with Crippen LogP contribution in [0.15, 0.2) is 6.07 Å². The second kappa shape index (κ2) is 4.11. The van der Waals surface area contributed by atoms with Crippen molar-refractivity contribution in [3.05, 3.63) is 27.4 Å². The van der Waals surface area contributed by atoms with Crippen molar-refractivity contribution in [2.75, 3.05) is 0 Å². The molecule has 0 fully saturated rings. The first-order valence-corrected chi connectivity index (χ1v) is 3.88. The van der Waals surface area contributed by atoms with Crippen LogP contribution in [0.25, 0.3) is 0 Å². The van der Waals surface area contributed by atoms with Gasteiger partial charge in [-0.2, -0.15) is 13.2 Å². The minimum absolute atomic E-state index is 0.110. The molecule has 0 spiro atoms. The molecule has 0 aromatic carbocycles. The Hall–Kier alpha value is -2.00. The van der Waals surface area contributed by atoms with Gasteiger partial charge in [0.1, 0.15) is 5.56 Å². The van der Waals surface area contributed by atoms with E-state index in [0.717, 1.165) is 0 Å². The molecule has 0 saturated carbocycles. The number of alkyl halides is 5. The van der Waals surface area contributed by atoms with Crippen molar-refractivity contribution in [2.45, 2.75) is 12.6 Å². The van der Waals surface area contributed by atoms with Gasteiger partial charge in [-0.15, -0.1) is 0 Å². The van der Waals surface area contributed by atoms with Crippen LogP contribution in [0.1, 0.15) is 17.7 Å². The summed E-state index contributed by atoms with van der Waals surface area (Å²) in [5.41, 5.74) is -3.60. The summed E-state index contributed by atoms with van der Waals surface area (Å²) in [5, 5.41) is 19.1. The molecule has 1 N–H and O–H groups in total. The van der Waals surface area contributed by atoms with Gasteiger partial charge < -0.3 is 15.2 Å². The number of hydrogen-bond acceptors (Lipinski definition) is 4. The third-order valence-corrected chi connectivity index (χ3v) is 1.71. The topological polar surface area (TPSA) is 76.3 Å². The van der Waals surface area contributed by atoms with Gasteiger partial charge in [0, 0.05) is 0 Å². The van der Waals surface area contributed by atoms with Crippen LogP contribution in [0.4, 0.5) is 27.8 Å². The highest BCUT2D eigenvalue weighted by Gasteiger charge is 2.40. The zero-order valence-electron chi connectivity index (χ0n) is 7.70. The Morgan fingerprint density at radius 2 is 1.94 bits per heavy atom. The Kier molecular flexibility index (Phi) is 3.16. The standard InChI is InChI=1S/C7H3F5N2O3/c8-6(9)4-5(15)2(7(10,11)12)1-3(13-4)14(16)17/h1,6,15H. The number of hydrogen-bond donors (Lipinski definition) is 1. The van der Waals surface area contributed by atoms with Crippen molar-refractivity contribution in [1.82, 2.24) is 4.98 Å². The van der Waals surface area contributed by atoms with Crippen LogP contribution in [0.2, 0.25) is 0 Å². The van der Waals surface area contributed by atoms with Crippen molar-refractivity contribution in [3.63, 3.8) is 0 Å². The number of rotatable bonds is 2. The predicted molar refractivity (Wildman–Crippen MR) is 42.5 cm³/mol. The molecule has 94 valence electrons. The third-order valence-electron chi connectivity index (χ3n) is 1.71. The summed E-state index contributed by atoms with van der Waals surface area (Å²) in [5.74, 6) is -3.22. The monoisotopic (exact) mass is 258 g/mol. The summed E-state index contributed by atoms with van der Waals surface area (Å²) in [4.78, 5) is 11.5. The molecule has 1 rings (SSSR count). The fourth-order valence-corrected chi connectivity index (χ4v) is 1.01. The number of pyridine rings is 1. The van der Waals surface area contributed by atoms with Crippen LogP contribution in [-0.4, -0.2) is 15.0 Å². The first-order chi connectivity index (χ1) is 7.64. The van der Waals surface area contributed by atoms with Gasteiger partial charge in [0.25, 0.3) is 5.69 Å². The molecule has 0 atom stereocenters. The average Bonchev–Trinajstić information content (AvgIpc) is 2.15. The van der Waals surface area contributed by atoms with Crippen LogP contribution in [0, 0.1) is 10.1 Å². The minimum atomic E-state index is -5.19. The van der Waals surface area contributed by atoms with E-state index < -0.39 is 40.3 Å². The lowest BCUT2D eigenvalue weighted by Gasteiger charge is -2.09. The lowest BCUT2D eigenvalue weighted by atomic mass is 10.2. The highest BCUT2D eigenvalue weighted by Crippen LogP contribution is 2.41. The molecule has 0 saturated heterocycles. The number of halogens is 5. The second-order valence-corrected chi connectivity index (χ2v) is 2.82. The molecule has 0 aliphatic carbocycles. The molecule has 17 heavy (non-hydrogen) atoms. The minimum Gasteiger partial charge on any atom is -0.503 e. The lowest BCUT2D eigenvalue weighted by Crippen LogP contribution is -2.09. The van der Waals surface area contributed by atoms with Crippen LogP contribution in [-0.2, 0) is 6.18 Å². The Balaban J connectivity index is 3.55. The lowest BCUT2D eigenvalue weighted by molar-refractivity contribution is -0.390. The summed E-state index contributed by atoms with van der Waals surface area (Å²) in [6.07, 6.45) is -8.75. The van der Waals surface area contributed by atoms with Crippen molar-refractivity contribution in [2.24, 2.45) is 0 Å². The maximum Gasteiger partial charge on any atom is 0.420 e. The highest BCUT2D eigenvalue weighted by molar-refractivity contribution is 5.44. The van der Waals surface area contributed by atoms with E-state index in [4.69, 9.17) is 5.11 Å². The van der Waals surface area contributed by atoms with Crippen LogP contribution in [0.5, 0.6) is 5.75 Å². The van der Waals surface area contributed by atoms with E-state index in [2.05, 4.69) is 4.98 Å². The molecular formula is C7H3F5N2O3. The van der Waals surface area contributed by atoms with Crippen LogP contribution < -0.4 is 0 Å². The number of nitro groups is 1. The van der Waals surface area contributed by atoms with E-state index in [-0.39, 0.29) is 6.07 Å². The summed E-state index contributed by atoms with van der Waals surface area (Å²) in [6.45, 7) is 0. The number of nitrogens with zero attached hydrogens (tertiary/aromatic N) is 2. The van der Waals surface area contributed by atoms with Gasteiger partial charge in [-0.25, -0.2) is 8.78 Å². The van der Waals surface area contributed by atoms with Gasteiger partial charge in [0.2, 0.25) is 0 Å². The molecule has 0 unspecified atom stereocenters. The first-order valence-electron chi connectivity index (χ1n) is 3.88. The van der Waals surface area contributed by atoms with Gasteiger partial charge in [-0.1, -0.05) is 0 Å². The fraction of sp³-hybridized carbons (Fsp3) is 0.286. The Labute approximate surface area is 89.7 Å². The second-order valence-electron chi connectivity index (χ2n) is 2.82. The third kappa shape index (κ3) is 2.57. The predicted octanol–water partition coefficient (Wildman–Crippen LogP) is 2.65. The van der Waals surface area contributed by atoms with E-state index in [9.17, 15) is 32.1 Å². The fourth-order valence-electron chi connectivity index (χ4n) is 1.01. The molecule has 5 nitrogen and oxygen atoms in total. The van der Waals surface area contributed by atoms with Gasteiger partial charge in [0.05, 0.1) is 6.07 Å². The Bertz CT molecular complexity index is 460. The smallest absolute Gasteiger partial charge is 0.420 e. The van der Waals surface area contributed by atoms with E-state index in [1.54, 1.807) is 0 Å². The molecular weight excluding hydrogens is 255 g/mol. The summed E-state index contributed by atoms with van der Waals surface area (Å²) in [6, 6.07) is -0.110. The Morgan fingerprint density at radius 3 is 2.29 bits per heavy atom. The largest absolute Gasteiger partial charge is 0.503 e. The molecule has 0 aliphatic rings. The summed E-state index contributed by atoms with van der Waals surface area (Å²) >= 11 is 0. The van der Waals surface area contributed by atoms with Gasteiger partial charge >= 0.3 is 18.4 Å². The highest BCUT2D eigenvalue weighted by atomic mass is 19.4. The maximum absolute atomic E-state index is 12.3. The van der Waals surface area contributed by atoms with E-state index in [1.807, 2.05) is 0 Å². The summed E-state index contributed by atoms with van der Waals surface area (Å²) < 4.78 is 61.3. The molecule has 0 amide bonds. The van der Waals surface area contributed by atoms with Crippen molar-refractivity contribution in [3.8, 4) is 5.75 Å². The molecule has 0 bridgehead atoms. The van der Waals surface area contributed by atoms with Crippen LogP contribution >= 0.6 is 0 Å². The van der Waals surface area contributed by atoms with E-state index in [1.165, 1.54) is 0 Å².